The average Bonchev–Trinajstić information content (AvgIpc) is 3.07. The second kappa shape index (κ2) is 8.84. The van der Waals surface area contributed by atoms with E-state index in [4.69, 9.17) is 5.11 Å². The number of aliphatic carboxylic acids is 1. The van der Waals surface area contributed by atoms with Gasteiger partial charge in [0.05, 0.1) is 18.0 Å². The number of nitrogens with zero attached hydrogens (tertiary/aromatic N) is 1. The van der Waals surface area contributed by atoms with E-state index in [-0.39, 0.29) is 0 Å². The summed E-state index contributed by atoms with van der Waals surface area (Å²) in [6, 6.07) is 2.44. The molecule has 1 unspecified atom stereocenters. The van der Waals surface area contributed by atoms with Crippen molar-refractivity contribution in [1.82, 2.24) is 15.1 Å². The lowest BCUT2D eigenvalue weighted by molar-refractivity contribution is -0.140. The molecule has 13 heteroatoms. The van der Waals surface area contributed by atoms with Crippen LogP contribution in [0.25, 0.3) is 5.69 Å². The van der Waals surface area contributed by atoms with Crippen LogP contribution < -0.4 is 10.9 Å². The molecule has 0 aliphatic heterocycles. The van der Waals surface area contributed by atoms with E-state index in [2.05, 4.69) is 5.10 Å². The Morgan fingerprint density at radius 2 is 1.67 bits per heavy atom. The van der Waals surface area contributed by atoms with Gasteiger partial charge < -0.3 is 10.4 Å². The summed E-state index contributed by atoms with van der Waals surface area (Å²) < 4.78 is 81.3. The minimum Gasteiger partial charge on any atom is -0.481 e. The lowest BCUT2D eigenvalue weighted by atomic mass is 9.97. The minimum atomic E-state index is -4.98. The van der Waals surface area contributed by atoms with Crippen molar-refractivity contribution in [1.29, 1.82) is 0 Å². The minimum absolute atomic E-state index is 0.404. The predicted molar refractivity (Wildman–Crippen MR) is 100 cm³/mol. The summed E-state index contributed by atoms with van der Waals surface area (Å²) in [5.41, 5.74) is -4.20. The van der Waals surface area contributed by atoms with Crippen molar-refractivity contribution in [2.24, 2.45) is 0 Å². The third-order valence-corrected chi connectivity index (χ3v) is 4.49. The number of halogens is 6. The Hall–Kier alpha value is -4.03. The Bertz CT molecular complexity index is 1280. The molecule has 0 bridgehead atoms. The van der Waals surface area contributed by atoms with Gasteiger partial charge >= 0.3 is 12.1 Å². The first-order valence-electron chi connectivity index (χ1n) is 9.03. The molecule has 1 amide bonds. The van der Waals surface area contributed by atoms with E-state index in [1.165, 1.54) is 0 Å². The Morgan fingerprint density at radius 1 is 1.03 bits per heavy atom. The van der Waals surface area contributed by atoms with Gasteiger partial charge in [-0.05, 0) is 35.9 Å². The number of carbonyl (C=O) groups excluding carboxylic acids is 1. The van der Waals surface area contributed by atoms with Crippen molar-refractivity contribution in [3.8, 4) is 5.69 Å². The van der Waals surface area contributed by atoms with E-state index >= 15 is 0 Å². The van der Waals surface area contributed by atoms with Crippen molar-refractivity contribution >= 4 is 11.9 Å². The number of rotatable bonds is 6. The molecule has 0 aliphatic carbocycles. The maximum Gasteiger partial charge on any atom is 0.416 e. The van der Waals surface area contributed by atoms with Crippen LogP contribution in [0.5, 0.6) is 0 Å². The molecule has 1 atom stereocenters. The first kappa shape index (κ1) is 23.6. The molecule has 7 nitrogen and oxygen atoms in total. The molecule has 0 radical (unpaired) electrons. The molecular weight excluding hydrogens is 460 g/mol. The summed E-state index contributed by atoms with van der Waals surface area (Å²) in [4.78, 5) is 35.9. The van der Waals surface area contributed by atoms with Gasteiger partial charge in [-0.2, -0.15) is 13.2 Å². The van der Waals surface area contributed by atoms with E-state index in [9.17, 15) is 40.7 Å². The largest absolute Gasteiger partial charge is 0.481 e. The van der Waals surface area contributed by atoms with Crippen LogP contribution in [-0.2, 0) is 11.0 Å². The summed E-state index contributed by atoms with van der Waals surface area (Å²) in [6.07, 6.45) is -6.03. The summed E-state index contributed by atoms with van der Waals surface area (Å²) in [6.45, 7) is 0. The SMILES string of the molecule is O=C(O)CC(NC(=O)c1cc(=O)n(-c2ccc(F)cc2F)[nH]1)c1cc(F)ccc1C(F)(F)F. The van der Waals surface area contributed by atoms with Crippen molar-refractivity contribution < 1.29 is 41.0 Å². The van der Waals surface area contributed by atoms with Crippen LogP contribution in [0, 0.1) is 17.5 Å². The number of aromatic amines is 1. The standard InChI is InChI=1S/C20H13F6N3O4/c21-9-1-3-12(20(24,25)26)11(5-9)14(8-18(31)32)27-19(33)15-7-17(30)29(28-15)16-4-2-10(22)6-13(16)23/h1-7,14,28H,8H2,(H,27,33)(H,31,32). The van der Waals surface area contributed by atoms with Crippen LogP contribution in [0.4, 0.5) is 26.3 Å². The number of aromatic nitrogens is 2. The Kier molecular flexibility index (Phi) is 6.33. The number of hydrogen-bond donors (Lipinski definition) is 3. The summed E-state index contributed by atoms with van der Waals surface area (Å²) >= 11 is 0. The van der Waals surface area contributed by atoms with E-state index < -0.39 is 76.0 Å². The number of carboxylic acid groups (broad SMARTS) is 1. The van der Waals surface area contributed by atoms with Gasteiger partial charge in [0.15, 0.2) is 5.82 Å². The monoisotopic (exact) mass is 473 g/mol. The number of amides is 1. The van der Waals surface area contributed by atoms with Crippen molar-refractivity contribution in [3.05, 3.63) is 87.1 Å². The normalized spacial score (nSPS) is 12.4. The number of H-pyrrole nitrogens is 1. The van der Waals surface area contributed by atoms with Gasteiger partial charge in [-0.3, -0.25) is 19.5 Å². The van der Waals surface area contributed by atoms with Crippen LogP contribution in [-0.4, -0.2) is 26.8 Å². The highest BCUT2D eigenvalue weighted by molar-refractivity contribution is 5.92. The molecule has 1 aromatic heterocycles. The van der Waals surface area contributed by atoms with Gasteiger partial charge in [0, 0.05) is 12.1 Å². The zero-order valence-corrected chi connectivity index (χ0v) is 16.2. The van der Waals surface area contributed by atoms with Crippen LogP contribution in [0.2, 0.25) is 0 Å². The highest BCUT2D eigenvalue weighted by Gasteiger charge is 2.36. The van der Waals surface area contributed by atoms with Crippen LogP contribution >= 0.6 is 0 Å². The first-order valence-corrected chi connectivity index (χ1v) is 9.03. The van der Waals surface area contributed by atoms with Gasteiger partial charge in [0.1, 0.15) is 23.0 Å². The van der Waals surface area contributed by atoms with Crippen molar-refractivity contribution in [2.75, 3.05) is 0 Å². The molecule has 3 rings (SSSR count). The van der Waals surface area contributed by atoms with Gasteiger partial charge in [0.25, 0.3) is 11.5 Å². The van der Waals surface area contributed by atoms with Crippen LogP contribution in [0.3, 0.4) is 0 Å². The maximum absolute atomic E-state index is 14.0. The molecule has 33 heavy (non-hydrogen) atoms. The number of benzene rings is 2. The van der Waals surface area contributed by atoms with Crippen LogP contribution in [0.15, 0.2) is 47.3 Å². The number of alkyl halides is 3. The molecule has 0 saturated heterocycles. The molecule has 174 valence electrons. The average molecular weight is 473 g/mol. The molecule has 0 fully saturated rings. The summed E-state index contributed by atoms with van der Waals surface area (Å²) in [5.74, 6) is -6.01. The fourth-order valence-corrected chi connectivity index (χ4v) is 3.08. The second-order valence-corrected chi connectivity index (χ2v) is 6.79. The zero-order chi connectivity index (χ0) is 24.5. The molecular formula is C20H13F6N3O4. The first-order chi connectivity index (χ1) is 15.4. The summed E-state index contributed by atoms with van der Waals surface area (Å²) in [5, 5.41) is 13.3. The highest BCUT2D eigenvalue weighted by atomic mass is 19.4. The number of carboxylic acids is 1. The van der Waals surface area contributed by atoms with Crippen molar-refractivity contribution in [3.63, 3.8) is 0 Å². The number of carbonyl (C=O) groups is 2. The predicted octanol–water partition coefficient (Wildman–Crippen LogP) is 3.55. The third-order valence-electron chi connectivity index (χ3n) is 4.49. The quantitative estimate of drug-likeness (QED) is 0.477. The Balaban J connectivity index is 1.98. The smallest absolute Gasteiger partial charge is 0.416 e. The van der Waals surface area contributed by atoms with E-state index in [0.29, 0.717) is 35.0 Å². The fraction of sp³-hybridized carbons (Fsp3) is 0.150. The van der Waals surface area contributed by atoms with Gasteiger partial charge in [0.2, 0.25) is 0 Å². The zero-order valence-electron chi connectivity index (χ0n) is 16.2. The van der Waals surface area contributed by atoms with E-state index in [0.717, 1.165) is 12.1 Å². The lowest BCUT2D eigenvalue weighted by Crippen LogP contribution is -2.32. The van der Waals surface area contributed by atoms with Crippen LogP contribution in [0.1, 0.15) is 34.1 Å². The molecule has 0 aliphatic rings. The molecule has 2 aromatic carbocycles. The highest BCUT2D eigenvalue weighted by Crippen LogP contribution is 2.36. The molecule has 0 saturated carbocycles. The molecule has 3 aromatic rings. The van der Waals surface area contributed by atoms with Gasteiger partial charge in [-0.25, -0.2) is 17.9 Å². The van der Waals surface area contributed by atoms with Crippen molar-refractivity contribution in [2.45, 2.75) is 18.6 Å². The fourth-order valence-electron chi connectivity index (χ4n) is 3.08. The number of hydrogen-bond acceptors (Lipinski definition) is 3. The lowest BCUT2D eigenvalue weighted by Gasteiger charge is -2.21. The molecule has 3 N–H and O–H groups in total. The number of nitrogens with one attached hydrogen (secondary N) is 2. The molecule has 0 spiro atoms. The Labute approximate surface area is 180 Å². The Morgan fingerprint density at radius 3 is 2.27 bits per heavy atom. The summed E-state index contributed by atoms with van der Waals surface area (Å²) in [7, 11) is 0. The van der Waals surface area contributed by atoms with E-state index in [1.807, 2.05) is 5.32 Å². The third kappa shape index (κ3) is 5.25. The molecule has 1 heterocycles. The maximum atomic E-state index is 14.0. The van der Waals surface area contributed by atoms with Gasteiger partial charge in [-0.1, -0.05) is 0 Å². The van der Waals surface area contributed by atoms with E-state index in [1.54, 1.807) is 0 Å². The second-order valence-electron chi connectivity index (χ2n) is 6.79. The van der Waals surface area contributed by atoms with Gasteiger partial charge in [-0.15, -0.1) is 0 Å². The topological polar surface area (TPSA) is 104 Å².